The molecule has 2 unspecified atom stereocenters. The number of hydrogen-bond donors (Lipinski definition) is 2. The fourth-order valence-electron chi connectivity index (χ4n) is 1.12. The fraction of sp³-hybridized carbons (Fsp3) is 1.00. The Morgan fingerprint density at radius 3 is 2.43 bits per heavy atom. The summed E-state index contributed by atoms with van der Waals surface area (Å²) in [5.41, 5.74) is 2.60. The van der Waals surface area contributed by atoms with Crippen molar-refractivity contribution in [3.8, 4) is 0 Å². The van der Waals surface area contributed by atoms with Crippen LogP contribution in [0.2, 0.25) is 0 Å². The van der Waals surface area contributed by atoms with E-state index >= 15 is 0 Å². The second kappa shape index (κ2) is 6.34. The van der Waals surface area contributed by atoms with Crippen LogP contribution in [0.3, 0.4) is 0 Å². The maximum Gasteiger partial charge on any atom is 0.147 e. The minimum absolute atomic E-state index is 0.0142. The van der Waals surface area contributed by atoms with Crippen LogP contribution in [-0.2, 0) is 14.6 Å². The summed E-state index contributed by atoms with van der Waals surface area (Å²) in [6, 6.07) is -0.0142. The van der Waals surface area contributed by atoms with Gasteiger partial charge in [-0.1, -0.05) is 0 Å². The number of methoxy groups -OCH3 is 1. The number of sulfone groups is 1. The first-order valence-corrected chi connectivity index (χ1v) is 6.61. The van der Waals surface area contributed by atoms with Crippen molar-refractivity contribution in [1.29, 1.82) is 0 Å². The molecule has 6 heteroatoms. The highest BCUT2D eigenvalue weighted by atomic mass is 32.2. The zero-order valence-corrected chi connectivity index (χ0v) is 9.80. The van der Waals surface area contributed by atoms with Gasteiger partial charge in [0.15, 0.2) is 0 Å². The smallest absolute Gasteiger partial charge is 0.147 e. The molecule has 0 aromatic carbocycles. The molecule has 0 aromatic heterocycles. The van der Waals surface area contributed by atoms with E-state index in [1.807, 2.05) is 6.92 Å². The van der Waals surface area contributed by atoms with E-state index in [9.17, 15) is 8.42 Å². The van der Waals surface area contributed by atoms with Crippen molar-refractivity contribution < 1.29 is 13.2 Å². The van der Waals surface area contributed by atoms with Gasteiger partial charge in [-0.15, -0.1) is 0 Å². The second-order valence-electron chi connectivity index (χ2n) is 3.56. The monoisotopic (exact) mass is 224 g/mol. The van der Waals surface area contributed by atoms with Crippen molar-refractivity contribution in [2.45, 2.75) is 31.9 Å². The Bertz CT molecular complexity index is 241. The van der Waals surface area contributed by atoms with Gasteiger partial charge in [-0.2, -0.15) is 0 Å². The van der Waals surface area contributed by atoms with E-state index in [4.69, 9.17) is 10.6 Å². The van der Waals surface area contributed by atoms with Crippen molar-refractivity contribution in [2.75, 3.05) is 19.1 Å². The average molecular weight is 224 g/mol. The predicted molar refractivity (Wildman–Crippen MR) is 56.5 cm³/mol. The van der Waals surface area contributed by atoms with E-state index in [1.54, 1.807) is 7.11 Å². The van der Waals surface area contributed by atoms with Gasteiger partial charge >= 0.3 is 0 Å². The maximum atomic E-state index is 10.9. The summed E-state index contributed by atoms with van der Waals surface area (Å²) in [7, 11) is -1.29. The van der Waals surface area contributed by atoms with Crippen molar-refractivity contribution in [2.24, 2.45) is 5.84 Å². The number of rotatable bonds is 7. The molecule has 0 aliphatic carbocycles. The fourth-order valence-corrected chi connectivity index (χ4v) is 1.84. The van der Waals surface area contributed by atoms with Gasteiger partial charge in [0, 0.05) is 19.4 Å². The lowest BCUT2D eigenvalue weighted by molar-refractivity contribution is 0.1000. The topological polar surface area (TPSA) is 81.4 Å². The molecule has 14 heavy (non-hydrogen) atoms. The Morgan fingerprint density at radius 2 is 2.07 bits per heavy atom. The molecule has 2 atom stereocenters. The third-order valence-corrected chi connectivity index (χ3v) is 3.07. The average Bonchev–Trinajstić information content (AvgIpc) is 2.10. The number of ether oxygens (including phenoxy) is 1. The molecule has 0 rings (SSSR count). The molecule has 0 aliphatic heterocycles. The van der Waals surface area contributed by atoms with E-state index in [1.165, 1.54) is 6.26 Å². The van der Waals surface area contributed by atoms with Gasteiger partial charge in [0.2, 0.25) is 0 Å². The van der Waals surface area contributed by atoms with Gasteiger partial charge < -0.3 is 4.74 Å². The van der Waals surface area contributed by atoms with Gasteiger partial charge in [-0.05, 0) is 19.8 Å². The van der Waals surface area contributed by atoms with Gasteiger partial charge in [0.05, 0.1) is 11.9 Å². The molecule has 5 nitrogen and oxygen atoms in total. The van der Waals surface area contributed by atoms with Crippen molar-refractivity contribution >= 4 is 9.84 Å². The molecule has 0 saturated carbocycles. The molecule has 0 fully saturated rings. The van der Waals surface area contributed by atoms with Crippen LogP contribution in [0, 0.1) is 0 Å². The highest BCUT2D eigenvalue weighted by Crippen LogP contribution is 2.05. The van der Waals surface area contributed by atoms with Crippen LogP contribution in [0.15, 0.2) is 0 Å². The molecular weight excluding hydrogens is 204 g/mol. The highest BCUT2D eigenvalue weighted by Gasteiger charge is 2.13. The van der Waals surface area contributed by atoms with E-state index < -0.39 is 9.84 Å². The van der Waals surface area contributed by atoms with Crippen LogP contribution in [0.4, 0.5) is 0 Å². The summed E-state index contributed by atoms with van der Waals surface area (Å²) in [6.07, 6.45) is 2.53. The molecule has 0 aliphatic rings. The van der Waals surface area contributed by atoms with Crippen molar-refractivity contribution in [3.05, 3.63) is 0 Å². The molecular formula is C8H20N2O3S. The lowest BCUT2D eigenvalue weighted by Crippen LogP contribution is -2.38. The van der Waals surface area contributed by atoms with Gasteiger partial charge in [-0.25, -0.2) is 8.42 Å². The van der Waals surface area contributed by atoms with Gasteiger partial charge in [0.1, 0.15) is 9.84 Å². The number of hydrogen-bond acceptors (Lipinski definition) is 5. The lowest BCUT2D eigenvalue weighted by Gasteiger charge is -2.18. The molecule has 0 amide bonds. The summed E-state index contributed by atoms with van der Waals surface area (Å²) in [6.45, 7) is 1.92. The van der Waals surface area contributed by atoms with Crippen LogP contribution < -0.4 is 11.3 Å². The predicted octanol–water partition coefficient (Wildman–Crippen LogP) is -0.322. The molecule has 86 valence electrons. The zero-order chi connectivity index (χ0) is 11.2. The van der Waals surface area contributed by atoms with Crippen molar-refractivity contribution in [1.82, 2.24) is 5.43 Å². The third-order valence-electron chi connectivity index (χ3n) is 2.09. The SMILES string of the molecule is COC(C)CC(CCS(C)(=O)=O)NN. The Morgan fingerprint density at radius 1 is 1.50 bits per heavy atom. The largest absolute Gasteiger partial charge is 0.382 e. The lowest BCUT2D eigenvalue weighted by atomic mass is 10.1. The quantitative estimate of drug-likeness (QED) is 0.457. The van der Waals surface area contributed by atoms with Crippen LogP contribution in [-0.4, -0.2) is 39.7 Å². The normalized spacial score (nSPS) is 16.6. The summed E-state index contributed by atoms with van der Waals surface area (Å²) in [5, 5.41) is 0. The number of nitrogens with one attached hydrogen (secondary N) is 1. The highest BCUT2D eigenvalue weighted by molar-refractivity contribution is 7.90. The molecule has 0 saturated heterocycles. The maximum absolute atomic E-state index is 10.9. The van der Waals surface area contributed by atoms with Gasteiger partial charge in [-0.3, -0.25) is 11.3 Å². The molecule has 0 radical (unpaired) electrons. The van der Waals surface area contributed by atoms with E-state index in [2.05, 4.69) is 5.43 Å². The second-order valence-corrected chi connectivity index (χ2v) is 5.82. The summed E-state index contributed by atoms with van der Waals surface area (Å²) in [5.74, 6) is 5.46. The third kappa shape index (κ3) is 7.25. The first-order valence-electron chi connectivity index (χ1n) is 4.55. The number of hydrazine groups is 1. The van der Waals surface area contributed by atoms with E-state index in [0.29, 0.717) is 12.8 Å². The molecule has 0 spiro atoms. The van der Waals surface area contributed by atoms with Crippen LogP contribution >= 0.6 is 0 Å². The Hall–Kier alpha value is -0.170. The minimum Gasteiger partial charge on any atom is -0.382 e. The van der Waals surface area contributed by atoms with E-state index in [-0.39, 0.29) is 17.9 Å². The molecule has 0 bridgehead atoms. The Kier molecular flexibility index (Phi) is 6.26. The van der Waals surface area contributed by atoms with Gasteiger partial charge in [0.25, 0.3) is 0 Å². The summed E-state index contributed by atoms with van der Waals surface area (Å²) >= 11 is 0. The minimum atomic E-state index is -2.91. The Labute approximate surface area is 85.9 Å². The standard InChI is InChI=1S/C8H20N2O3S/c1-7(13-2)6-8(10-9)4-5-14(3,11)12/h7-8,10H,4-6,9H2,1-3H3. The molecule has 3 N–H and O–H groups in total. The first-order chi connectivity index (χ1) is 6.39. The van der Waals surface area contributed by atoms with Crippen LogP contribution in [0.5, 0.6) is 0 Å². The summed E-state index contributed by atoms with van der Waals surface area (Å²) in [4.78, 5) is 0. The first kappa shape index (κ1) is 13.8. The molecule has 0 heterocycles. The molecule has 0 aromatic rings. The van der Waals surface area contributed by atoms with Crippen molar-refractivity contribution in [3.63, 3.8) is 0 Å². The zero-order valence-electron chi connectivity index (χ0n) is 8.99. The Balaban J connectivity index is 3.92. The van der Waals surface area contributed by atoms with E-state index in [0.717, 1.165) is 0 Å². The van der Waals surface area contributed by atoms with Crippen LogP contribution in [0.1, 0.15) is 19.8 Å². The number of nitrogens with two attached hydrogens (primary N) is 1. The van der Waals surface area contributed by atoms with Crippen LogP contribution in [0.25, 0.3) is 0 Å². The summed E-state index contributed by atoms with van der Waals surface area (Å²) < 4.78 is 26.9.